The van der Waals surface area contributed by atoms with Gasteiger partial charge in [0.1, 0.15) is 0 Å². The lowest BCUT2D eigenvalue weighted by Gasteiger charge is -2.22. The summed E-state index contributed by atoms with van der Waals surface area (Å²) in [5, 5.41) is 19.5. The Morgan fingerprint density at radius 1 is 1.12 bits per heavy atom. The van der Waals surface area contributed by atoms with E-state index >= 15 is 0 Å². The second-order valence-corrected chi connectivity index (χ2v) is 4.97. The Balaban J connectivity index is 2.76. The van der Waals surface area contributed by atoms with Gasteiger partial charge in [-0.2, -0.15) is 0 Å². The summed E-state index contributed by atoms with van der Waals surface area (Å²) in [4.78, 5) is 0. The molecule has 0 saturated carbocycles. The highest BCUT2D eigenvalue weighted by atomic mass is 16.3. The molecule has 0 radical (unpaired) electrons. The Morgan fingerprint density at radius 2 is 1.76 bits per heavy atom. The number of hydrogen-bond donors (Lipinski definition) is 2. The molecule has 1 rings (SSSR count). The minimum Gasteiger partial charge on any atom is -0.390 e. The van der Waals surface area contributed by atoms with Crippen LogP contribution in [0.4, 0.5) is 0 Å². The van der Waals surface area contributed by atoms with Crippen molar-refractivity contribution >= 4 is 0 Å². The lowest BCUT2D eigenvalue weighted by atomic mass is 9.88. The van der Waals surface area contributed by atoms with Crippen LogP contribution in [0.2, 0.25) is 0 Å². The van der Waals surface area contributed by atoms with Gasteiger partial charge >= 0.3 is 0 Å². The molecule has 3 atom stereocenters. The average Bonchev–Trinajstić information content (AvgIpc) is 2.31. The SMILES string of the molecule is CCC(O)C(O)CC(C)c1cccc(C)c1C. The third-order valence-corrected chi connectivity index (χ3v) is 3.63. The molecule has 0 amide bonds. The van der Waals surface area contributed by atoms with Gasteiger partial charge in [-0.15, -0.1) is 0 Å². The van der Waals surface area contributed by atoms with Crippen LogP contribution in [0.25, 0.3) is 0 Å². The van der Waals surface area contributed by atoms with E-state index in [1.807, 2.05) is 6.92 Å². The van der Waals surface area contributed by atoms with E-state index in [2.05, 4.69) is 39.0 Å². The van der Waals surface area contributed by atoms with Crippen molar-refractivity contribution in [3.05, 3.63) is 34.9 Å². The molecule has 0 aliphatic rings. The second-order valence-electron chi connectivity index (χ2n) is 4.97. The zero-order chi connectivity index (χ0) is 13.0. The third-order valence-electron chi connectivity index (χ3n) is 3.63. The maximum absolute atomic E-state index is 9.86. The van der Waals surface area contributed by atoms with Gasteiger partial charge < -0.3 is 10.2 Å². The summed E-state index contributed by atoms with van der Waals surface area (Å²) >= 11 is 0. The summed E-state index contributed by atoms with van der Waals surface area (Å²) in [6, 6.07) is 6.26. The predicted octanol–water partition coefficient (Wildman–Crippen LogP) is 2.93. The summed E-state index contributed by atoms with van der Waals surface area (Å²) in [5.74, 6) is 0.270. The Morgan fingerprint density at radius 3 is 2.35 bits per heavy atom. The molecule has 96 valence electrons. The van der Waals surface area contributed by atoms with Crippen molar-refractivity contribution in [2.24, 2.45) is 0 Å². The quantitative estimate of drug-likeness (QED) is 0.825. The van der Waals surface area contributed by atoms with Gasteiger partial charge in [-0.05, 0) is 49.3 Å². The molecule has 0 spiro atoms. The highest BCUT2D eigenvalue weighted by Crippen LogP contribution is 2.26. The van der Waals surface area contributed by atoms with Crippen LogP contribution in [-0.2, 0) is 0 Å². The van der Waals surface area contributed by atoms with Crippen molar-refractivity contribution in [1.29, 1.82) is 0 Å². The van der Waals surface area contributed by atoms with Crippen LogP contribution in [0.1, 0.15) is 49.3 Å². The van der Waals surface area contributed by atoms with Crippen molar-refractivity contribution in [3.8, 4) is 0 Å². The average molecular weight is 236 g/mol. The minimum absolute atomic E-state index is 0.270. The molecule has 3 unspecified atom stereocenters. The first-order valence-electron chi connectivity index (χ1n) is 6.39. The summed E-state index contributed by atoms with van der Waals surface area (Å²) in [7, 11) is 0. The molecule has 0 heterocycles. The molecule has 17 heavy (non-hydrogen) atoms. The van der Waals surface area contributed by atoms with Crippen LogP contribution in [0, 0.1) is 13.8 Å². The van der Waals surface area contributed by atoms with Crippen LogP contribution < -0.4 is 0 Å². The second kappa shape index (κ2) is 6.18. The molecule has 1 aromatic rings. The molecule has 2 heteroatoms. The normalized spacial score (nSPS) is 16.6. The summed E-state index contributed by atoms with van der Waals surface area (Å²) in [6.07, 6.45) is -0.0301. The predicted molar refractivity (Wildman–Crippen MR) is 71.3 cm³/mol. The van der Waals surface area contributed by atoms with Crippen LogP contribution >= 0.6 is 0 Å². The van der Waals surface area contributed by atoms with E-state index in [9.17, 15) is 10.2 Å². The first-order chi connectivity index (χ1) is 7.97. The molecule has 0 fully saturated rings. The van der Waals surface area contributed by atoms with Crippen molar-refractivity contribution in [1.82, 2.24) is 0 Å². The Kier molecular flexibility index (Phi) is 5.16. The van der Waals surface area contributed by atoms with E-state index in [-0.39, 0.29) is 5.92 Å². The topological polar surface area (TPSA) is 40.5 Å². The van der Waals surface area contributed by atoms with Gasteiger partial charge in [0.15, 0.2) is 0 Å². The number of aryl methyl sites for hydroxylation is 1. The summed E-state index contributed by atoms with van der Waals surface area (Å²) in [5.41, 5.74) is 3.84. The molecule has 1 aromatic carbocycles. The fraction of sp³-hybridized carbons (Fsp3) is 0.600. The van der Waals surface area contributed by atoms with Crippen LogP contribution in [0.3, 0.4) is 0 Å². The van der Waals surface area contributed by atoms with Gasteiger partial charge in [0.25, 0.3) is 0 Å². The molecule has 0 bridgehead atoms. The summed E-state index contributed by atoms with van der Waals surface area (Å²) < 4.78 is 0. The highest BCUT2D eigenvalue weighted by molar-refractivity contribution is 5.35. The van der Waals surface area contributed by atoms with Gasteiger partial charge in [-0.1, -0.05) is 32.0 Å². The van der Waals surface area contributed by atoms with Crippen molar-refractivity contribution in [2.75, 3.05) is 0 Å². The molecule has 0 aromatic heterocycles. The number of rotatable bonds is 5. The van der Waals surface area contributed by atoms with E-state index in [1.54, 1.807) is 0 Å². The molecule has 2 nitrogen and oxygen atoms in total. The number of hydrogen-bond acceptors (Lipinski definition) is 2. The molecule has 2 N–H and O–H groups in total. The van der Waals surface area contributed by atoms with Crippen molar-refractivity contribution in [3.63, 3.8) is 0 Å². The lowest BCUT2D eigenvalue weighted by molar-refractivity contribution is 0.00950. The highest BCUT2D eigenvalue weighted by Gasteiger charge is 2.19. The molecule has 0 aliphatic heterocycles. The number of benzene rings is 1. The third kappa shape index (κ3) is 3.55. The molecule has 0 aliphatic carbocycles. The largest absolute Gasteiger partial charge is 0.390 e. The van der Waals surface area contributed by atoms with Gasteiger partial charge in [0.05, 0.1) is 12.2 Å². The van der Waals surface area contributed by atoms with Gasteiger partial charge in [-0.3, -0.25) is 0 Å². The zero-order valence-electron chi connectivity index (χ0n) is 11.3. The van der Waals surface area contributed by atoms with Gasteiger partial charge in [0, 0.05) is 0 Å². The zero-order valence-corrected chi connectivity index (χ0v) is 11.3. The van der Waals surface area contributed by atoms with E-state index in [0.29, 0.717) is 12.8 Å². The molecular weight excluding hydrogens is 212 g/mol. The fourth-order valence-electron chi connectivity index (χ4n) is 2.23. The number of aliphatic hydroxyl groups is 2. The molecule has 0 saturated heterocycles. The fourth-order valence-corrected chi connectivity index (χ4v) is 2.23. The smallest absolute Gasteiger partial charge is 0.0804 e. The Bertz CT molecular complexity index is 360. The lowest BCUT2D eigenvalue weighted by Crippen LogP contribution is -2.26. The van der Waals surface area contributed by atoms with Gasteiger partial charge in [0.2, 0.25) is 0 Å². The monoisotopic (exact) mass is 236 g/mol. The van der Waals surface area contributed by atoms with E-state index in [0.717, 1.165) is 0 Å². The van der Waals surface area contributed by atoms with Crippen LogP contribution in [0.15, 0.2) is 18.2 Å². The maximum atomic E-state index is 9.86. The minimum atomic E-state index is -0.630. The maximum Gasteiger partial charge on any atom is 0.0804 e. The number of aliphatic hydroxyl groups excluding tert-OH is 2. The van der Waals surface area contributed by atoms with Crippen LogP contribution in [0.5, 0.6) is 0 Å². The van der Waals surface area contributed by atoms with E-state index in [1.165, 1.54) is 16.7 Å². The van der Waals surface area contributed by atoms with E-state index in [4.69, 9.17) is 0 Å². The van der Waals surface area contributed by atoms with Gasteiger partial charge in [-0.25, -0.2) is 0 Å². The van der Waals surface area contributed by atoms with Crippen molar-refractivity contribution < 1.29 is 10.2 Å². The first-order valence-corrected chi connectivity index (χ1v) is 6.39. The first kappa shape index (κ1) is 14.2. The Hall–Kier alpha value is -0.860. The van der Waals surface area contributed by atoms with Crippen molar-refractivity contribution in [2.45, 2.75) is 58.7 Å². The Labute approximate surface area is 104 Å². The van der Waals surface area contributed by atoms with Crippen LogP contribution in [-0.4, -0.2) is 22.4 Å². The molecular formula is C15H24O2. The van der Waals surface area contributed by atoms with E-state index < -0.39 is 12.2 Å². The summed E-state index contributed by atoms with van der Waals surface area (Å²) in [6.45, 7) is 8.20. The standard InChI is InChI=1S/C15H24O2/c1-5-14(16)15(17)9-11(3)13-8-6-7-10(2)12(13)4/h6-8,11,14-17H,5,9H2,1-4H3.